The van der Waals surface area contributed by atoms with E-state index in [1.165, 1.54) is 12.2 Å². The summed E-state index contributed by atoms with van der Waals surface area (Å²) in [5.74, 6) is -0.991. The van der Waals surface area contributed by atoms with E-state index in [0.29, 0.717) is 13.0 Å². The van der Waals surface area contributed by atoms with Crippen molar-refractivity contribution in [2.45, 2.75) is 51.4 Å². The summed E-state index contributed by atoms with van der Waals surface area (Å²) in [6.07, 6.45) is 11.4. The molecular formula is C17H23BrO4. The fourth-order valence-electron chi connectivity index (χ4n) is 2.11. The number of hydrogen-bond acceptors (Lipinski definition) is 4. The molecule has 0 aromatic rings. The fourth-order valence-corrected chi connectivity index (χ4v) is 2.51. The van der Waals surface area contributed by atoms with Crippen molar-refractivity contribution in [2.24, 2.45) is 0 Å². The first-order valence-electron chi connectivity index (χ1n) is 7.82. The SMILES string of the molecule is O=C(CCCCCCC1=CC(=O)C(=O)C=C1)OCCCCBr. The molecular weight excluding hydrogens is 348 g/mol. The third-order valence-corrected chi connectivity index (χ3v) is 3.96. The van der Waals surface area contributed by atoms with Crippen molar-refractivity contribution >= 4 is 33.5 Å². The highest BCUT2D eigenvalue weighted by atomic mass is 79.9. The molecule has 0 bridgehead atoms. The number of halogens is 1. The quantitative estimate of drug-likeness (QED) is 0.183. The zero-order valence-electron chi connectivity index (χ0n) is 12.8. The second kappa shape index (κ2) is 11.4. The largest absolute Gasteiger partial charge is 0.466 e. The van der Waals surface area contributed by atoms with E-state index in [2.05, 4.69) is 15.9 Å². The lowest BCUT2D eigenvalue weighted by molar-refractivity contribution is -0.143. The molecule has 0 spiro atoms. The first kappa shape index (κ1) is 18.8. The molecule has 0 saturated heterocycles. The minimum absolute atomic E-state index is 0.114. The molecule has 0 heterocycles. The van der Waals surface area contributed by atoms with Crippen LogP contribution in [0.5, 0.6) is 0 Å². The maximum Gasteiger partial charge on any atom is 0.305 e. The van der Waals surface area contributed by atoms with E-state index in [-0.39, 0.29) is 5.97 Å². The summed E-state index contributed by atoms with van der Waals surface area (Å²) < 4.78 is 5.12. The van der Waals surface area contributed by atoms with Gasteiger partial charge in [0.1, 0.15) is 0 Å². The summed E-state index contributed by atoms with van der Waals surface area (Å²) in [6, 6.07) is 0. The van der Waals surface area contributed by atoms with Crippen LogP contribution in [0.3, 0.4) is 0 Å². The lowest BCUT2D eigenvalue weighted by Gasteiger charge is -2.06. The van der Waals surface area contributed by atoms with Crippen LogP contribution in [0.25, 0.3) is 0 Å². The highest BCUT2D eigenvalue weighted by molar-refractivity contribution is 9.09. The van der Waals surface area contributed by atoms with Gasteiger partial charge in [-0.15, -0.1) is 0 Å². The van der Waals surface area contributed by atoms with Gasteiger partial charge in [-0.25, -0.2) is 0 Å². The zero-order valence-corrected chi connectivity index (χ0v) is 14.4. The first-order chi connectivity index (χ1) is 10.6. The number of alkyl halides is 1. The van der Waals surface area contributed by atoms with Gasteiger partial charge >= 0.3 is 5.97 Å². The molecule has 0 atom stereocenters. The van der Waals surface area contributed by atoms with Gasteiger partial charge in [0.25, 0.3) is 0 Å². The van der Waals surface area contributed by atoms with Gasteiger partial charge in [0.2, 0.25) is 11.6 Å². The highest BCUT2D eigenvalue weighted by Gasteiger charge is 2.12. The van der Waals surface area contributed by atoms with E-state index in [1.807, 2.05) is 0 Å². The number of esters is 1. The van der Waals surface area contributed by atoms with Crippen LogP contribution >= 0.6 is 15.9 Å². The van der Waals surface area contributed by atoms with Crippen molar-refractivity contribution < 1.29 is 19.1 Å². The van der Waals surface area contributed by atoms with E-state index < -0.39 is 11.6 Å². The molecule has 22 heavy (non-hydrogen) atoms. The van der Waals surface area contributed by atoms with E-state index >= 15 is 0 Å². The predicted octanol–water partition coefficient (Wildman–Crippen LogP) is 3.68. The Bertz CT molecular complexity index is 452. The lowest BCUT2D eigenvalue weighted by atomic mass is 9.99. The third kappa shape index (κ3) is 8.27. The Kier molecular flexibility index (Phi) is 9.71. The van der Waals surface area contributed by atoms with Gasteiger partial charge in [-0.05, 0) is 49.8 Å². The molecule has 1 rings (SSSR count). The number of unbranched alkanes of at least 4 members (excludes halogenated alkanes) is 4. The molecule has 0 aromatic carbocycles. The second-order valence-corrected chi connectivity index (χ2v) is 6.10. The summed E-state index contributed by atoms with van der Waals surface area (Å²) >= 11 is 3.33. The van der Waals surface area contributed by atoms with Crippen LogP contribution < -0.4 is 0 Å². The molecule has 0 aromatic heterocycles. The van der Waals surface area contributed by atoms with Crippen molar-refractivity contribution in [1.82, 2.24) is 0 Å². The number of ketones is 2. The average Bonchev–Trinajstić information content (AvgIpc) is 2.50. The zero-order chi connectivity index (χ0) is 16.2. The van der Waals surface area contributed by atoms with E-state index in [4.69, 9.17) is 4.74 Å². The Labute approximate surface area is 140 Å². The molecule has 0 amide bonds. The van der Waals surface area contributed by atoms with Crippen molar-refractivity contribution in [3.8, 4) is 0 Å². The molecule has 1 aliphatic carbocycles. The van der Waals surface area contributed by atoms with Crippen LogP contribution in [0.2, 0.25) is 0 Å². The van der Waals surface area contributed by atoms with Gasteiger partial charge < -0.3 is 4.74 Å². The third-order valence-electron chi connectivity index (χ3n) is 3.40. The van der Waals surface area contributed by atoms with Crippen molar-refractivity contribution in [3.63, 3.8) is 0 Å². The Balaban J connectivity index is 1.99. The monoisotopic (exact) mass is 370 g/mol. The molecule has 0 radical (unpaired) electrons. The van der Waals surface area contributed by atoms with Crippen LogP contribution in [-0.4, -0.2) is 29.5 Å². The molecule has 122 valence electrons. The summed E-state index contributed by atoms with van der Waals surface area (Å²) in [6.45, 7) is 0.512. The standard InChI is InChI=1S/C17H23BrO4/c18-11-5-6-12-22-17(21)8-4-2-1-3-7-14-9-10-15(19)16(20)13-14/h9-10,13H,1-8,11-12H2. The van der Waals surface area contributed by atoms with Crippen LogP contribution in [0.15, 0.2) is 23.8 Å². The summed E-state index contributed by atoms with van der Waals surface area (Å²) in [5, 5.41) is 0.940. The predicted molar refractivity (Wildman–Crippen MR) is 88.9 cm³/mol. The van der Waals surface area contributed by atoms with Gasteiger partial charge in [0.05, 0.1) is 6.61 Å². The topological polar surface area (TPSA) is 60.4 Å². The summed E-state index contributed by atoms with van der Waals surface area (Å²) in [5.41, 5.74) is 0.913. The second-order valence-electron chi connectivity index (χ2n) is 5.31. The average molecular weight is 371 g/mol. The van der Waals surface area contributed by atoms with Crippen molar-refractivity contribution in [2.75, 3.05) is 11.9 Å². The number of ether oxygens (including phenoxy) is 1. The van der Waals surface area contributed by atoms with E-state index in [0.717, 1.165) is 55.8 Å². The summed E-state index contributed by atoms with van der Waals surface area (Å²) in [7, 11) is 0. The number of allylic oxidation sites excluding steroid dienone is 4. The Morgan fingerprint density at radius 1 is 0.955 bits per heavy atom. The minimum atomic E-state index is -0.446. The molecule has 0 saturated carbocycles. The first-order valence-corrected chi connectivity index (χ1v) is 8.94. The van der Waals surface area contributed by atoms with Crippen molar-refractivity contribution in [1.29, 1.82) is 0 Å². The van der Waals surface area contributed by atoms with Gasteiger partial charge in [-0.1, -0.05) is 34.8 Å². The Morgan fingerprint density at radius 3 is 2.45 bits per heavy atom. The number of rotatable bonds is 11. The van der Waals surface area contributed by atoms with Gasteiger partial charge in [0.15, 0.2) is 0 Å². The molecule has 1 aliphatic rings. The molecule has 5 heteroatoms. The maximum absolute atomic E-state index is 11.4. The summed E-state index contributed by atoms with van der Waals surface area (Å²) in [4.78, 5) is 33.6. The highest BCUT2D eigenvalue weighted by Crippen LogP contribution is 2.15. The fraction of sp³-hybridized carbons (Fsp3) is 0.588. The van der Waals surface area contributed by atoms with Gasteiger partial charge in [-0.3, -0.25) is 14.4 Å². The van der Waals surface area contributed by atoms with Crippen LogP contribution in [0.4, 0.5) is 0 Å². The molecule has 0 fully saturated rings. The molecule has 0 unspecified atom stereocenters. The van der Waals surface area contributed by atoms with Crippen LogP contribution in [0.1, 0.15) is 51.4 Å². The molecule has 0 N–H and O–H groups in total. The molecule has 0 aliphatic heterocycles. The Hall–Kier alpha value is -1.23. The number of carbonyl (C=O) groups is 3. The van der Waals surface area contributed by atoms with Crippen LogP contribution in [-0.2, 0) is 19.1 Å². The maximum atomic E-state index is 11.4. The molecule has 4 nitrogen and oxygen atoms in total. The number of carbonyl (C=O) groups excluding carboxylic acids is 3. The van der Waals surface area contributed by atoms with Gasteiger partial charge in [-0.2, -0.15) is 0 Å². The van der Waals surface area contributed by atoms with Crippen LogP contribution in [0, 0.1) is 0 Å². The lowest BCUT2D eigenvalue weighted by Crippen LogP contribution is -2.11. The van der Waals surface area contributed by atoms with E-state index in [1.54, 1.807) is 6.08 Å². The van der Waals surface area contributed by atoms with E-state index in [9.17, 15) is 14.4 Å². The minimum Gasteiger partial charge on any atom is -0.466 e. The normalized spacial score (nSPS) is 14.1. The Morgan fingerprint density at radius 2 is 1.73 bits per heavy atom. The smallest absolute Gasteiger partial charge is 0.305 e. The van der Waals surface area contributed by atoms with Crippen molar-refractivity contribution in [3.05, 3.63) is 23.8 Å². The van der Waals surface area contributed by atoms with Gasteiger partial charge in [0, 0.05) is 11.8 Å². The number of hydrogen-bond donors (Lipinski definition) is 0.